The highest BCUT2D eigenvalue weighted by Crippen LogP contribution is 2.09. The SMILES string of the molecule is C/C=C/NC(=O)Nc1nccs1. The van der Waals surface area contributed by atoms with Gasteiger partial charge in [-0.3, -0.25) is 5.32 Å². The lowest BCUT2D eigenvalue weighted by Crippen LogP contribution is -2.23. The van der Waals surface area contributed by atoms with Crippen LogP contribution in [-0.4, -0.2) is 11.0 Å². The van der Waals surface area contributed by atoms with E-state index in [1.807, 2.05) is 6.92 Å². The lowest BCUT2D eigenvalue weighted by atomic mass is 10.7. The molecular formula is C7H9N3OS. The summed E-state index contributed by atoms with van der Waals surface area (Å²) in [5.41, 5.74) is 0. The van der Waals surface area contributed by atoms with Crippen molar-refractivity contribution >= 4 is 22.5 Å². The summed E-state index contributed by atoms with van der Waals surface area (Å²) in [5.74, 6) is 0. The first-order valence-electron chi connectivity index (χ1n) is 3.41. The average molecular weight is 183 g/mol. The molecule has 1 aromatic rings. The Labute approximate surface area is 74.3 Å². The fourth-order valence-electron chi connectivity index (χ4n) is 0.577. The molecule has 2 N–H and O–H groups in total. The Morgan fingerprint density at radius 1 is 1.75 bits per heavy atom. The molecule has 0 saturated heterocycles. The zero-order valence-corrected chi connectivity index (χ0v) is 7.39. The maximum Gasteiger partial charge on any atom is 0.324 e. The monoisotopic (exact) mass is 183 g/mol. The van der Waals surface area contributed by atoms with Crippen LogP contribution in [-0.2, 0) is 0 Å². The molecule has 0 radical (unpaired) electrons. The minimum Gasteiger partial charge on any atom is -0.315 e. The van der Waals surface area contributed by atoms with Gasteiger partial charge in [0.2, 0.25) is 0 Å². The van der Waals surface area contributed by atoms with Gasteiger partial charge in [-0.2, -0.15) is 0 Å². The second kappa shape index (κ2) is 4.50. The number of hydrogen-bond acceptors (Lipinski definition) is 3. The second-order valence-electron chi connectivity index (χ2n) is 1.94. The maximum absolute atomic E-state index is 11.0. The Hall–Kier alpha value is -1.36. The number of rotatable bonds is 2. The number of nitrogens with zero attached hydrogens (tertiary/aromatic N) is 1. The van der Waals surface area contributed by atoms with Crippen LogP contribution in [0.1, 0.15) is 6.92 Å². The number of hydrogen-bond donors (Lipinski definition) is 2. The van der Waals surface area contributed by atoms with Gasteiger partial charge in [0.15, 0.2) is 5.13 Å². The zero-order chi connectivity index (χ0) is 8.81. The number of amides is 2. The lowest BCUT2D eigenvalue weighted by Gasteiger charge is -1.98. The highest BCUT2D eigenvalue weighted by atomic mass is 32.1. The van der Waals surface area contributed by atoms with E-state index in [0.29, 0.717) is 5.13 Å². The number of thiazole rings is 1. The molecule has 1 rings (SSSR count). The molecule has 0 unspecified atom stereocenters. The first kappa shape index (κ1) is 8.73. The molecule has 0 spiro atoms. The van der Waals surface area contributed by atoms with Crippen LogP contribution in [0, 0.1) is 0 Å². The average Bonchev–Trinajstić information content (AvgIpc) is 2.53. The molecule has 2 amide bonds. The van der Waals surface area contributed by atoms with E-state index >= 15 is 0 Å². The molecule has 0 saturated carbocycles. The number of nitrogens with one attached hydrogen (secondary N) is 2. The van der Waals surface area contributed by atoms with Gasteiger partial charge in [-0.1, -0.05) is 6.08 Å². The molecule has 4 nitrogen and oxygen atoms in total. The van der Waals surface area contributed by atoms with Gasteiger partial charge in [0.1, 0.15) is 0 Å². The number of urea groups is 1. The van der Waals surface area contributed by atoms with Crippen LogP contribution in [0.4, 0.5) is 9.93 Å². The largest absolute Gasteiger partial charge is 0.324 e. The first-order valence-corrected chi connectivity index (χ1v) is 4.29. The van der Waals surface area contributed by atoms with Crippen molar-refractivity contribution in [2.24, 2.45) is 0 Å². The molecule has 0 atom stereocenters. The Balaban J connectivity index is 2.37. The second-order valence-corrected chi connectivity index (χ2v) is 2.83. The van der Waals surface area contributed by atoms with Gasteiger partial charge in [0.05, 0.1) is 0 Å². The molecule has 0 bridgehead atoms. The standard InChI is InChI=1S/C7H9N3OS/c1-2-3-8-6(11)10-7-9-4-5-12-7/h2-5H,1H3,(H2,8,9,10,11)/b3-2+. The minimum atomic E-state index is -0.275. The van der Waals surface area contributed by atoms with Gasteiger partial charge in [-0.15, -0.1) is 11.3 Å². The number of carbonyl (C=O) groups excluding carboxylic acids is 1. The predicted octanol–water partition coefficient (Wildman–Crippen LogP) is 1.80. The fourth-order valence-corrected chi connectivity index (χ4v) is 1.10. The Morgan fingerprint density at radius 3 is 3.17 bits per heavy atom. The first-order chi connectivity index (χ1) is 5.83. The maximum atomic E-state index is 11.0. The molecular weight excluding hydrogens is 174 g/mol. The van der Waals surface area contributed by atoms with Crippen molar-refractivity contribution in [3.8, 4) is 0 Å². The fraction of sp³-hybridized carbons (Fsp3) is 0.143. The summed E-state index contributed by atoms with van der Waals surface area (Å²) in [4.78, 5) is 14.8. The Kier molecular flexibility index (Phi) is 3.28. The highest BCUT2D eigenvalue weighted by molar-refractivity contribution is 7.13. The normalized spacial score (nSPS) is 10.1. The van der Waals surface area contributed by atoms with Crippen LogP contribution in [0.15, 0.2) is 23.9 Å². The smallest absolute Gasteiger partial charge is 0.315 e. The zero-order valence-electron chi connectivity index (χ0n) is 6.57. The highest BCUT2D eigenvalue weighted by Gasteiger charge is 1.99. The van der Waals surface area contributed by atoms with E-state index < -0.39 is 0 Å². The molecule has 0 aliphatic carbocycles. The molecule has 0 aromatic carbocycles. The third kappa shape index (κ3) is 2.71. The molecule has 0 fully saturated rings. The van der Waals surface area contributed by atoms with Gasteiger partial charge >= 0.3 is 6.03 Å². The lowest BCUT2D eigenvalue weighted by molar-refractivity contribution is 0.255. The molecule has 12 heavy (non-hydrogen) atoms. The summed E-state index contributed by atoms with van der Waals surface area (Å²) in [5, 5.41) is 7.46. The van der Waals surface area contributed by atoms with Crippen molar-refractivity contribution in [3.05, 3.63) is 23.9 Å². The van der Waals surface area contributed by atoms with E-state index in [9.17, 15) is 4.79 Å². The Morgan fingerprint density at radius 2 is 2.58 bits per heavy atom. The van der Waals surface area contributed by atoms with Crippen LogP contribution in [0.5, 0.6) is 0 Å². The van der Waals surface area contributed by atoms with E-state index in [1.165, 1.54) is 11.3 Å². The van der Waals surface area contributed by atoms with Gasteiger partial charge in [-0.25, -0.2) is 9.78 Å². The van der Waals surface area contributed by atoms with Crippen LogP contribution in [0.25, 0.3) is 0 Å². The van der Waals surface area contributed by atoms with Crippen LogP contribution in [0.2, 0.25) is 0 Å². The van der Waals surface area contributed by atoms with Gasteiger partial charge < -0.3 is 5.32 Å². The number of allylic oxidation sites excluding steroid dienone is 1. The van der Waals surface area contributed by atoms with Gasteiger partial charge in [-0.05, 0) is 6.92 Å². The predicted molar refractivity (Wildman–Crippen MR) is 49.1 cm³/mol. The van der Waals surface area contributed by atoms with E-state index in [4.69, 9.17) is 0 Å². The third-order valence-electron chi connectivity index (χ3n) is 1.03. The van der Waals surface area contributed by atoms with Crippen molar-refractivity contribution in [2.75, 3.05) is 5.32 Å². The van der Waals surface area contributed by atoms with Crippen molar-refractivity contribution < 1.29 is 4.79 Å². The van der Waals surface area contributed by atoms with Crippen molar-refractivity contribution in [3.63, 3.8) is 0 Å². The molecule has 1 heterocycles. The minimum absolute atomic E-state index is 0.275. The van der Waals surface area contributed by atoms with E-state index in [0.717, 1.165) is 0 Å². The van der Waals surface area contributed by atoms with E-state index in [-0.39, 0.29) is 6.03 Å². The van der Waals surface area contributed by atoms with Crippen LogP contribution < -0.4 is 10.6 Å². The number of carbonyl (C=O) groups is 1. The number of anilines is 1. The molecule has 1 aromatic heterocycles. The van der Waals surface area contributed by atoms with Gasteiger partial charge in [0, 0.05) is 17.8 Å². The molecule has 5 heteroatoms. The van der Waals surface area contributed by atoms with E-state index in [2.05, 4.69) is 15.6 Å². The summed E-state index contributed by atoms with van der Waals surface area (Å²) in [7, 11) is 0. The van der Waals surface area contributed by atoms with E-state index in [1.54, 1.807) is 23.9 Å². The molecule has 0 aliphatic rings. The summed E-state index contributed by atoms with van der Waals surface area (Å²) in [6.07, 6.45) is 4.93. The van der Waals surface area contributed by atoms with Crippen LogP contribution in [0.3, 0.4) is 0 Å². The van der Waals surface area contributed by atoms with Gasteiger partial charge in [0.25, 0.3) is 0 Å². The van der Waals surface area contributed by atoms with Crippen LogP contribution >= 0.6 is 11.3 Å². The van der Waals surface area contributed by atoms with Crippen molar-refractivity contribution in [2.45, 2.75) is 6.92 Å². The summed E-state index contributed by atoms with van der Waals surface area (Å²) in [6, 6.07) is -0.275. The third-order valence-corrected chi connectivity index (χ3v) is 1.72. The quantitative estimate of drug-likeness (QED) is 0.734. The Bertz CT molecular complexity index is 268. The molecule has 64 valence electrons. The number of aromatic nitrogens is 1. The molecule has 0 aliphatic heterocycles. The summed E-state index contributed by atoms with van der Waals surface area (Å²) >= 11 is 1.38. The van der Waals surface area contributed by atoms with Crippen molar-refractivity contribution in [1.82, 2.24) is 10.3 Å². The summed E-state index contributed by atoms with van der Waals surface area (Å²) < 4.78 is 0. The summed E-state index contributed by atoms with van der Waals surface area (Å²) in [6.45, 7) is 1.82. The van der Waals surface area contributed by atoms with Crippen molar-refractivity contribution in [1.29, 1.82) is 0 Å². The topological polar surface area (TPSA) is 54.0 Å².